The van der Waals surface area contributed by atoms with Gasteiger partial charge < -0.3 is 9.47 Å². The number of aromatic nitrogens is 4. The molecule has 0 aliphatic heterocycles. The number of anilines is 1. The lowest BCUT2D eigenvalue weighted by molar-refractivity contribution is 0.299. The van der Waals surface area contributed by atoms with E-state index < -0.39 is 0 Å². The molecule has 0 aliphatic carbocycles. The molecule has 3 aromatic heterocycles. The van der Waals surface area contributed by atoms with Gasteiger partial charge in [0.1, 0.15) is 25.0 Å². The summed E-state index contributed by atoms with van der Waals surface area (Å²) in [5, 5.41) is 14.3. The van der Waals surface area contributed by atoms with Gasteiger partial charge in [-0.3, -0.25) is 4.72 Å². The molecular weight excluding hydrogens is 483 g/mol. The summed E-state index contributed by atoms with van der Waals surface area (Å²) in [4.78, 5) is 8.53. The summed E-state index contributed by atoms with van der Waals surface area (Å²) < 4.78 is 16.1. The fraction of sp³-hybridized carbons (Fsp3) is 0.182. The SMILES string of the molecule is CSNc1nccc(COc2ccc3c(-c4cc(Cl)c(OCCCl)c(C#N)c4)cnn3c2)n1. The zero-order valence-corrected chi connectivity index (χ0v) is 19.8. The molecule has 0 saturated carbocycles. The van der Waals surface area contributed by atoms with Crippen molar-refractivity contribution < 1.29 is 9.47 Å². The summed E-state index contributed by atoms with van der Waals surface area (Å²) in [6.07, 6.45) is 7.08. The predicted octanol–water partition coefficient (Wildman–Crippen LogP) is 5.20. The first kappa shape index (κ1) is 23.0. The van der Waals surface area contributed by atoms with Crippen molar-refractivity contribution in [2.24, 2.45) is 0 Å². The molecule has 1 N–H and O–H groups in total. The van der Waals surface area contributed by atoms with Gasteiger partial charge in [-0.15, -0.1) is 11.6 Å². The van der Waals surface area contributed by atoms with Crippen molar-refractivity contribution in [1.82, 2.24) is 19.6 Å². The van der Waals surface area contributed by atoms with E-state index in [1.807, 2.05) is 18.4 Å². The number of nitrogens with zero attached hydrogens (tertiary/aromatic N) is 5. The molecule has 3 heterocycles. The molecule has 4 aromatic rings. The van der Waals surface area contributed by atoms with Gasteiger partial charge in [0.05, 0.1) is 40.1 Å². The second-order valence-electron chi connectivity index (χ2n) is 6.70. The van der Waals surface area contributed by atoms with Crippen LogP contribution in [0.25, 0.3) is 16.6 Å². The van der Waals surface area contributed by atoms with Crippen LogP contribution < -0.4 is 14.2 Å². The van der Waals surface area contributed by atoms with Gasteiger partial charge in [0.15, 0.2) is 5.75 Å². The maximum Gasteiger partial charge on any atom is 0.233 e. The highest BCUT2D eigenvalue weighted by Gasteiger charge is 2.15. The first-order valence-electron chi connectivity index (χ1n) is 9.77. The molecule has 11 heteroatoms. The van der Waals surface area contributed by atoms with E-state index in [0.717, 1.165) is 22.3 Å². The fourth-order valence-electron chi connectivity index (χ4n) is 3.17. The van der Waals surface area contributed by atoms with Crippen LogP contribution >= 0.6 is 35.1 Å². The number of pyridine rings is 1. The Kier molecular flexibility index (Phi) is 7.40. The second kappa shape index (κ2) is 10.6. The molecule has 0 fully saturated rings. The average molecular weight is 501 g/mol. The minimum Gasteiger partial charge on any atom is -0.489 e. The van der Waals surface area contributed by atoms with Gasteiger partial charge in [-0.05, 0) is 35.9 Å². The number of fused-ring (bicyclic) bond motifs is 1. The van der Waals surface area contributed by atoms with E-state index in [2.05, 4.69) is 25.9 Å². The number of nitrogens with one attached hydrogen (secondary N) is 1. The number of hydrogen-bond donors (Lipinski definition) is 1. The number of nitriles is 1. The topological polar surface area (TPSA) is 97.4 Å². The number of alkyl halides is 1. The largest absolute Gasteiger partial charge is 0.489 e. The van der Waals surface area contributed by atoms with Crippen LogP contribution in [0.3, 0.4) is 0 Å². The van der Waals surface area contributed by atoms with Crippen LogP contribution in [0, 0.1) is 11.3 Å². The summed E-state index contributed by atoms with van der Waals surface area (Å²) in [6.45, 7) is 0.551. The Labute approximate surface area is 204 Å². The first-order chi connectivity index (χ1) is 16.1. The van der Waals surface area contributed by atoms with Crippen molar-refractivity contribution >= 4 is 46.6 Å². The van der Waals surface area contributed by atoms with Crippen molar-refractivity contribution in [2.45, 2.75) is 6.61 Å². The van der Waals surface area contributed by atoms with Crippen LogP contribution in [0.15, 0.2) is 48.9 Å². The summed E-state index contributed by atoms with van der Waals surface area (Å²) in [6, 6.07) is 11.2. The van der Waals surface area contributed by atoms with E-state index in [0.29, 0.717) is 33.9 Å². The second-order valence-corrected chi connectivity index (χ2v) is 8.10. The number of benzene rings is 1. The van der Waals surface area contributed by atoms with Gasteiger partial charge in [-0.2, -0.15) is 10.4 Å². The Bertz CT molecular complexity index is 1320. The van der Waals surface area contributed by atoms with Crippen LogP contribution in [-0.2, 0) is 6.61 Å². The molecule has 0 aliphatic rings. The van der Waals surface area contributed by atoms with Crippen molar-refractivity contribution in [3.05, 3.63) is 65.2 Å². The minimum absolute atomic E-state index is 0.263. The molecule has 1 aromatic carbocycles. The van der Waals surface area contributed by atoms with Gasteiger partial charge in [0.2, 0.25) is 5.95 Å². The fourth-order valence-corrected chi connectivity index (χ4v) is 3.80. The molecule has 0 atom stereocenters. The van der Waals surface area contributed by atoms with Crippen LogP contribution in [0.1, 0.15) is 11.3 Å². The quantitative estimate of drug-likeness (QED) is 0.247. The van der Waals surface area contributed by atoms with Gasteiger partial charge in [0.25, 0.3) is 0 Å². The lowest BCUT2D eigenvalue weighted by atomic mass is 10.0. The zero-order chi connectivity index (χ0) is 23.2. The first-order valence-corrected chi connectivity index (χ1v) is 11.9. The van der Waals surface area contributed by atoms with Crippen LogP contribution in [0.5, 0.6) is 11.5 Å². The lowest BCUT2D eigenvalue weighted by Gasteiger charge is -2.11. The van der Waals surface area contributed by atoms with E-state index in [1.54, 1.807) is 41.3 Å². The molecule has 0 unspecified atom stereocenters. The standard InChI is InChI=1S/C22H18Cl2N6O2S/c1-33-29-22-26-6-4-16(28-22)13-32-17-2-3-20-18(11-27-30(20)12-17)14-8-15(10-25)21(19(24)9-14)31-7-5-23/h2-4,6,8-9,11-12H,5,7,13H2,1H3,(H,26,28,29). The van der Waals surface area contributed by atoms with Gasteiger partial charge in [-0.25, -0.2) is 14.5 Å². The van der Waals surface area contributed by atoms with E-state index in [4.69, 9.17) is 32.7 Å². The summed E-state index contributed by atoms with van der Waals surface area (Å²) in [7, 11) is 0. The molecule has 168 valence electrons. The van der Waals surface area contributed by atoms with E-state index in [9.17, 15) is 5.26 Å². The Hall–Kier alpha value is -3.19. The van der Waals surface area contributed by atoms with Crippen molar-refractivity contribution in [3.63, 3.8) is 0 Å². The van der Waals surface area contributed by atoms with Gasteiger partial charge >= 0.3 is 0 Å². The number of ether oxygens (including phenoxy) is 2. The van der Waals surface area contributed by atoms with Crippen LogP contribution in [-0.4, -0.2) is 38.3 Å². The number of hydrogen-bond acceptors (Lipinski definition) is 8. The molecule has 0 bridgehead atoms. The average Bonchev–Trinajstić information content (AvgIpc) is 3.25. The molecule has 0 amide bonds. The molecule has 0 radical (unpaired) electrons. The minimum atomic E-state index is 0.263. The highest BCUT2D eigenvalue weighted by Crippen LogP contribution is 2.36. The maximum atomic E-state index is 9.54. The molecular formula is C22H18Cl2N6O2S. The van der Waals surface area contributed by atoms with Crippen molar-refractivity contribution in [3.8, 4) is 28.7 Å². The molecule has 4 rings (SSSR count). The van der Waals surface area contributed by atoms with E-state index in [1.165, 1.54) is 11.9 Å². The van der Waals surface area contributed by atoms with Crippen LogP contribution in [0.4, 0.5) is 5.95 Å². The summed E-state index contributed by atoms with van der Waals surface area (Å²) in [5.74, 6) is 1.80. The Morgan fingerprint density at radius 1 is 1.24 bits per heavy atom. The zero-order valence-electron chi connectivity index (χ0n) is 17.5. The molecule has 0 spiro atoms. The third-order valence-electron chi connectivity index (χ3n) is 4.58. The van der Waals surface area contributed by atoms with E-state index in [-0.39, 0.29) is 13.2 Å². The maximum absolute atomic E-state index is 9.54. The summed E-state index contributed by atoms with van der Waals surface area (Å²) in [5.41, 5.74) is 3.51. The normalized spacial score (nSPS) is 10.7. The van der Waals surface area contributed by atoms with Gasteiger partial charge in [0, 0.05) is 18.0 Å². The third-order valence-corrected chi connectivity index (χ3v) is 5.40. The Morgan fingerprint density at radius 3 is 2.91 bits per heavy atom. The third kappa shape index (κ3) is 5.25. The molecule has 0 saturated heterocycles. The molecule has 8 nitrogen and oxygen atoms in total. The lowest BCUT2D eigenvalue weighted by Crippen LogP contribution is -2.02. The number of rotatable bonds is 9. The van der Waals surface area contributed by atoms with Crippen molar-refractivity contribution in [1.29, 1.82) is 5.26 Å². The Morgan fingerprint density at radius 2 is 2.12 bits per heavy atom. The molecule has 33 heavy (non-hydrogen) atoms. The predicted molar refractivity (Wildman–Crippen MR) is 130 cm³/mol. The Balaban J connectivity index is 1.57. The summed E-state index contributed by atoms with van der Waals surface area (Å²) >= 11 is 13.5. The van der Waals surface area contributed by atoms with Crippen molar-refractivity contribution in [2.75, 3.05) is 23.5 Å². The monoisotopic (exact) mass is 500 g/mol. The smallest absolute Gasteiger partial charge is 0.233 e. The van der Waals surface area contributed by atoms with E-state index >= 15 is 0 Å². The highest BCUT2D eigenvalue weighted by atomic mass is 35.5. The van der Waals surface area contributed by atoms with Crippen LogP contribution in [0.2, 0.25) is 5.02 Å². The number of halogens is 2. The highest BCUT2D eigenvalue weighted by molar-refractivity contribution is 7.99. The van der Waals surface area contributed by atoms with Gasteiger partial charge in [-0.1, -0.05) is 23.5 Å².